The van der Waals surface area contributed by atoms with Crippen molar-refractivity contribution < 1.29 is 23.4 Å². The Morgan fingerprint density at radius 1 is 1.11 bits per heavy atom. The van der Waals surface area contributed by atoms with Gasteiger partial charge in [-0.25, -0.2) is 13.8 Å². The zero-order chi connectivity index (χ0) is 32.3. The van der Waals surface area contributed by atoms with Gasteiger partial charge in [0.2, 0.25) is 5.88 Å². The predicted molar refractivity (Wildman–Crippen MR) is 179 cm³/mol. The first kappa shape index (κ1) is 30.5. The quantitative estimate of drug-likeness (QED) is 0.227. The summed E-state index contributed by atoms with van der Waals surface area (Å²) < 4.78 is 45.0. The molecule has 4 heterocycles. The van der Waals surface area contributed by atoms with E-state index in [2.05, 4.69) is 24.1 Å². The number of hydrogen-bond donors (Lipinski definition) is 2. The molecule has 47 heavy (non-hydrogen) atoms. The van der Waals surface area contributed by atoms with Crippen LogP contribution in [0.5, 0.6) is 17.6 Å². The highest BCUT2D eigenvalue weighted by atomic mass is 19.1. The summed E-state index contributed by atoms with van der Waals surface area (Å²) in [6.07, 6.45) is 6.88. The Morgan fingerprint density at radius 3 is 2.83 bits per heavy atom. The molecule has 2 N–H and O–H groups in total. The second-order valence-electron chi connectivity index (χ2n) is 14.1. The lowest BCUT2D eigenvalue weighted by atomic mass is 9.74. The largest absolute Gasteiger partial charge is 0.508 e. The molecule has 10 heteroatoms. The highest BCUT2D eigenvalue weighted by Crippen LogP contribution is 2.52. The molecular formula is C37H43F2N5O3. The summed E-state index contributed by atoms with van der Waals surface area (Å²) in [5, 5.41) is 16.4. The Balaban J connectivity index is 1.30. The first-order valence-electron chi connectivity index (χ1n) is 17.4. The van der Waals surface area contributed by atoms with Gasteiger partial charge in [0.1, 0.15) is 40.9 Å². The van der Waals surface area contributed by atoms with Gasteiger partial charge in [0.15, 0.2) is 5.82 Å². The van der Waals surface area contributed by atoms with E-state index < -0.39 is 12.0 Å². The minimum Gasteiger partial charge on any atom is -0.508 e. The third kappa shape index (κ3) is 5.23. The maximum atomic E-state index is 17.1. The van der Waals surface area contributed by atoms with Crippen molar-refractivity contribution in [1.29, 1.82) is 0 Å². The molecule has 8 rings (SSSR count). The van der Waals surface area contributed by atoms with Gasteiger partial charge in [0.25, 0.3) is 0 Å². The smallest absolute Gasteiger partial charge is 0.319 e. The van der Waals surface area contributed by atoms with E-state index in [9.17, 15) is 9.50 Å². The van der Waals surface area contributed by atoms with Gasteiger partial charge in [-0.2, -0.15) is 9.97 Å². The number of phenols is 1. The number of phenolic OH excluding ortho intramolecular Hbond substituents is 1. The lowest BCUT2D eigenvalue weighted by Gasteiger charge is -2.39. The second kappa shape index (κ2) is 12.0. The fourth-order valence-electron chi connectivity index (χ4n) is 8.87. The van der Waals surface area contributed by atoms with Gasteiger partial charge in [-0.05, 0) is 79.3 Å². The number of rotatable bonds is 6. The Kier molecular flexibility index (Phi) is 7.81. The van der Waals surface area contributed by atoms with Crippen LogP contribution in [0.3, 0.4) is 0 Å². The van der Waals surface area contributed by atoms with E-state index in [1.807, 2.05) is 18.2 Å². The Bertz CT molecular complexity index is 1840. The third-order valence-corrected chi connectivity index (χ3v) is 11.4. The number of aromatic nitrogens is 3. The molecule has 5 atom stereocenters. The van der Waals surface area contributed by atoms with E-state index in [-0.39, 0.29) is 46.3 Å². The molecule has 2 aliphatic carbocycles. The molecule has 2 aromatic carbocycles. The molecule has 2 aromatic heterocycles. The van der Waals surface area contributed by atoms with E-state index in [1.54, 1.807) is 12.1 Å². The Labute approximate surface area is 273 Å². The van der Waals surface area contributed by atoms with Crippen LogP contribution in [0.25, 0.3) is 32.9 Å². The van der Waals surface area contributed by atoms with Crippen molar-refractivity contribution in [2.75, 3.05) is 31.2 Å². The summed E-state index contributed by atoms with van der Waals surface area (Å²) in [5.74, 6) is 0.640. The molecule has 4 aromatic rings. The molecule has 0 amide bonds. The monoisotopic (exact) mass is 643 g/mol. The summed E-state index contributed by atoms with van der Waals surface area (Å²) >= 11 is 0. The summed E-state index contributed by atoms with van der Waals surface area (Å²) in [4.78, 5) is 16.7. The highest BCUT2D eigenvalue weighted by Gasteiger charge is 2.46. The molecule has 8 nitrogen and oxygen atoms in total. The number of halogens is 2. The lowest BCUT2D eigenvalue weighted by Crippen LogP contribution is -2.58. The van der Waals surface area contributed by atoms with Gasteiger partial charge in [-0.1, -0.05) is 44.9 Å². The van der Waals surface area contributed by atoms with Crippen LogP contribution in [0.4, 0.5) is 14.6 Å². The molecule has 4 aliphatic rings. The molecule has 2 aliphatic heterocycles. The van der Waals surface area contributed by atoms with Crippen LogP contribution in [-0.2, 0) is 6.42 Å². The number of piperazine rings is 1. The topological polar surface area (TPSA) is 92.6 Å². The number of alkyl halides is 1. The van der Waals surface area contributed by atoms with Crippen molar-refractivity contribution >= 4 is 27.5 Å². The molecule has 248 valence electrons. The van der Waals surface area contributed by atoms with Crippen molar-refractivity contribution in [1.82, 2.24) is 20.3 Å². The maximum Gasteiger partial charge on any atom is 0.319 e. The number of fused-ring (bicyclic) bond motifs is 4. The fraction of sp³-hybridized carbons (Fsp3) is 0.541. The van der Waals surface area contributed by atoms with Gasteiger partial charge in [-0.15, -0.1) is 0 Å². The minimum atomic E-state index is -0.840. The maximum absolute atomic E-state index is 17.1. The van der Waals surface area contributed by atoms with Crippen LogP contribution in [0.15, 0.2) is 30.3 Å². The van der Waals surface area contributed by atoms with E-state index in [1.165, 1.54) is 0 Å². The van der Waals surface area contributed by atoms with Gasteiger partial charge < -0.3 is 24.8 Å². The zero-order valence-corrected chi connectivity index (χ0v) is 27.2. The predicted octanol–water partition coefficient (Wildman–Crippen LogP) is 7.28. The molecule has 1 saturated heterocycles. The molecule has 0 bridgehead atoms. The molecule has 0 spiro atoms. The van der Waals surface area contributed by atoms with Gasteiger partial charge >= 0.3 is 6.01 Å². The van der Waals surface area contributed by atoms with Crippen molar-refractivity contribution in [3.63, 3.8) is 0 Å². The van der Waals surface area contributed by atoms with Gasteiger partial charge in [-0.3, -0.25) is 0 Å². The molecule has 2 unspecified atom stereocenters. The zero-order valence-electron chi connectivity index (χ0n) is 27.2. The SMILES string of the molecule is CCc1cccc2cc(O)cc(-c3nc4c5c(nc(OC[C@@]67CCCC6CCC[C@@H](F)C7)nc5c3F)N3CC(CC)NC[C@H]3CO4)c12. The average molecular weight is 644 g/mol. The number of nitrogens with zero attached hydrogens (tertiary/aromatic N) is 4. The molecule has 0 radical (unpaired) electrons. The highest BCUT2D eigenvalue weighted by molar-refractivity contribution is 6.03. The van der Waals surface area contributed by atoms with Crippen LogP contribution in [0.1, 0.15) is 70.8 Å². The van der Waals surface area contributed by atoms with E-state index in [0.717, 1.165) is 61.3 Å². The van der Waals surface area contributed by atoms with E-state index in [4.69, 9.17) is 24.4 Å². The van der Waals surface area contributed by atoms with Crippen LogP contribution >= 0.6 is 0 Å². The number of ether oxygens (including phenoxy) is 2. The second-order valence-corrected chi connectivity index (χ2v) is 14.1. The number of nitrogens with one attached hydrogen (secondary N) is 1. The van der Waals surface area contributed by atoms with Crippen molar-refractivity contribution in [2.45, 2.75) is 89.9 Å². The van der Waals surface area contributed by atoms with Crippen molar-refractivity contribution in [3.05, 3.63) is 41.7 Å². The van der Waals surface area contributed by atoms with Gasteiger partial charge in [0.05, 0.1) is 12.6 Å². The van der Waals surface area contributed by atoms with E-state index >= 15 is 4.39 Å². The van der Waals surface area contributed by atoms with Gasteiger partial charge in [0, 0.05) is 30.1 Å². The summed E-state index contributed by atoms with van der Waals surface area (Å²) in [7, 11) is 0. The molecular weight excluding hydrogens is 600 g/mol. The van der Waals surface area contributed by atoms with Crippen LogP contribution in [0, 0.1) is 17.2 Å². The Morgan fingerprint density at radius 2 is 1.98 bits per heavy atom. The number of benzene rings is 2. The number of anilines is 1. The first-order valence-corrected chi connectivity index (χ1v) is 17.4. The molecule has 3 fully saturated rings. The summed E-state index contributed by atoms with van der Waals surface area (Å²) in [6, 6.07) is 9.40. The number of aromatic hydroxyl groups is 1. The number of aryl methyl sites for hydroxylation is 1. The number of hydrogen-bond acceptors (Lipinski definition) is 8. The lowest BCUT2D eigenvalue weighted by molar-refractivity contribution is 0.0649. The summed E-state index contributed by atoms with van der Waals surface area (Å²) in [6.45, 7) is 6.20. The fourth-order valence-corrected chi connectivity index (χ4v) is 8.87. The van der Waals surface area contributed by atoms with Crippen molar-refractivity contribution in [2.24, 2.45) is 11.3 Å². The summed E-state index contributed by atoms with van der Waals surface area (Å²) in [5.41, 5.74) is 1.38. The standard InChI is InChI=1S/C37H43F2N5O3/c1-3-21-8-5-9-22-14-27(45)15-28(29(21)22)32-31(39)33-30-34(44-18-25(4-2)40-17-26(44)19-46-35(30)41-32)43-36(42-33)47-20-37-13-7-11-23(37)10-6-12-24(38)16-37/h5,8-9,14-15,23-26,40,45H,3-4,6-7,10-13,16-20H2,1-2H3/t23?,24-,25?,26+,37+/m1/s1. The average Bonchev–Trinajstić information content (AvgIpc) is 3.30. The molecule has 2 saturated carbocycles. The first-order chi connectivity index (χ1) is 22.9. The minimum absolute atomic E-state index is 0.0231. The third-order valence-electron chi connectivity index (χ3n) is 11.4. The van der Waals surface area contributed by atoms with E-state index in [0.29, 0.717) is 61.8 Å². The normalized spacial score (nSPS) is 27.2. The van der Waals surface area contributed by atoms with Crippen LogP contribution in [-0.4, -0.2) is 64.6 Å². The Hall–Kier alpha value is -3.79. The van der Waals surface area contributed by atoms with Crippen LogP contribution in [0.2, 0.25) is 0 Å². The number of pyridine rings is 1. The van der Waals surface area contributed by atoms with Crippen molar-refractivity contribution in [3.8, 4) is 28.9 Å². The van der Waals surface area contributed by atoms with Crippen LogP contribution < -0.4 is 19.7 Å².